The molecular formula is C11H13NOS. The summed E-state index contributed by atoms with van der Waals surface area (Å²) in [5.74, 6) is 0.598. The molecule has 2 atom stereocenters. The van der Waals surface area contributed by atoms with Crippen LogP contribution in [0.1, 0.15) is 24.2 Å². The largest absolute Gasteiger partial charge is 0.259 e. The van der Waals surface area contributed by atoms with Crippen molar-refractivity contribution in [3.8, 4) is 6.07 Å². The van der Waals surface area contributed by atoms with Gasteiger partial charge in [-0.25, -0.2) is 0 Å². The van der Waals surface area contributed by atoms with E-state index >= 15 is 0 Å². The molecule has 1 aromatic carbocycles. The average molecular weight is 207 g/mol. The quantitative estimate of drug-likeness (QED) is 0.760. The van der Waals surface area contributed by atoms with Crippen LogP contribution in [0.15, 0.2) is 30.3 Å². The lowest BCUT2D eigenvalue weighted by molar-refractivity contribution is 0.673. The first-order chi connectivity index (χ1) is 6.79. The van der Waals surface area contributed by atoms with E-state index in [9.17, 15) is 4.21 Å². The van der Waals surface area contributed by atoms with Crippen LogP contribution in [0.25, 0.3) is 0 Å². The molecule has 0 N–H and O–H groups in total. The Hall–Kier alpha value is -1.14. The van der Waals surface area contributed by atoms with Crippen molar-refractivity contribution < 1.29 is 4.21 Å². The zero-order valence-corrected chi connectivity index (χ0v) is 8.96. The zero-order chi connectivity index (χ0) is 10.4. The number of benzene rings is 1. The van der Waals surface area contributed by atoms with E-state index in [-0.39, 0.29) is 5.25 Å². The molecule has 0 aliphatic carbocycles. The zero-order valence-electron chi connectivity index (χ0n) is 8.14. The standard InChI is InChI=1S/C11H13NOS/c1-2-14(13)11(8-9-12)10-6-4-3-5-7-10/h3-7,11H,2,8H2,1H3. The molecule has 0 fully saturated rings. The molecule has 0 aliphatic rings. The van der Waals surface area contributed by atoms with Crippen LogP contribution in [0.5, 0.6) is 0 Å². The van der Waals surface area contributed by atoms with Crippen molar-refractivity contribution in [2.24, 2.45) is 0 Å². The van der Waals surface area contributed by atoms with Gasteiger partial charge >= 0.3 is 0 Å². The summed E-state index contributed by atoms with van der Waals surface area (Å²) in [5, 5.41) is 8.52. The van der Waals surface area contributed by atoms with E-state index in [2.05, 4.69) is 6.07 Å². The highest BCUT2D eigenvalue weighted by atomic mass is 32.2. The lowest BCUT2D eigenvalue weighted by atomic mass is 10.1. The van der Waals surface area contributed by atoms with Gasteiger partial charge in [0.2, 0.25) is 0 Å². The Bertz CT molecular complexity index is 342. The molecule has 0 aliphatic heterocycles. The highest BCUT2D eigenvalue weighted by Crippen LogP contribution is 2.22. The molecule has 0 spiro atoms. The third-order valence-corrected chi connectivity index (χ3v) is 3.69. The molecule has 0 radical (unpaired) electrons. The summed E-state index contributed by atoms with van der Waals surface area (Å²) in [4.78, 5) is 0. The number of nitriles is 1. The maximum atomic E-state index is 11.7. The predicted octanol–water partition coefficient (Wildman–Crippen LogP) is 2.41. The summed E-state index contributed by atoms with van der Waals surface area (Å²) in [6, 6.07) is 11.7. The lowest BCUT2D eigenvalue weighted by Crippen LogP contribution is -2.07. The minimum Gasteiger partial charge on any atom is -0.259 e. The Labute approximate surface area is 87.0 Å². The Morgan fingerprint density at radius 2 is 2.07 bits per heavy atom. The Morgan fingerprint density at radius 1 is 1.43 bits per heavy atom. The van der Waals surface area contributed by atoms with E-state index in [1.165, 1.54) is 0 Å². The van der Waals surface area contributed by atoms with Crippen molar-refractivity contribution in [2.45, 2.75) is 18.6 Å². The van der Waals surface area contributed by atoms with Crippen LogP contribution in [0, 0.1) is 11.3 Å². The van der Waals surface area contributed by atoms with Gasteiger partial charge in [0.15, 0.2) is 0 Å². The lowest BCUT2D eigenvalue weighted by Gasteiger charge is -2.12. The summed E-state index contributed by atoms with van der Waals surface area (Å²) in [6.07, 6.45) is 0.324. The molecule has 14 heavy (non-hydrogen) atoms. The molecule has 0 saturated carbocycles. The topological polar surface area (TPSA) is 40.9 Å². The van der Waals surface area contributed by atoms with Crippen molar-refractivity contribution in [1.82, 2.24) is 0 Å². The summed E-state index contributed by atoms with van der Waals surface area (Å²) >= 11 is 0. The van der Waals surface area contributed by atoms with Crippen LogP contribution in [0.3, 0.4) is 0 Å². The number of nitrogens with zero attached hydrogens (tertiary/aromatic N) is 1. The van der Waals surface area contributed by atoms with E-state index in [4.69, 9.17) is 5.26 Å². The van der Waals surface area contributed by atoms with Gasteiger partial charge in [0, 0.05) is 16.6 Å². The Morgan fingerprint density at radius 3 is 2.57 bits per heavy atom. The van der Waals surface area contributed by atoms with Gasteiger partial charge in [-0.1, -0.05) is 37.3 Å². The van der Waals surface area contributed by atoms with E-state index in [0.29, 0.717) is 12.2 Å². The van der Waals surface area contributed by atoms with Crippen molar-refractivity contribution in [3.05, 3.63) is 35.9 Å². The summed E-state index contributed by atoms with van der Waals surface area (Å²) < 4.78 is 11.7. The number of rotatable bonds is 4. The van der Waals surface area contributed by atoms with Gasteiger partial charge < -0.3 is 0 Å². The van der Waals surface area contributed by atoms with Crippen LogP contribution in [-0.2, 0) is 10.8 Å². The van der Waals surface area contributed by atoms with Crippen LogP contribution in [0.4, 0.5) is 0 Å². The van der Waals surface area contributed by atoms with Gasteiger partial charge in [-0.15, -0.1) is 0 Å². The van der Waals surface area contributed by atoms with Crippen molar-refractivity contribution in [1.29, 1.82) is 5.26 Å². The molecule has 1 rings (SSSR count). The smallest absolute Gasteiger partial charge is 0.0726 e. The van der Waals surface area contributed by atoms with Gasteiger partial charge in [-0.05, 0) is 5.56 Å². The van der Waals surface area contributed by atoms with Gasteiger partial charge in [0.25, 0.3) is 0 Å². The first-order valence-corrected chi connectivity index (χ1v) is 5.97. The summed E-state index contributed by atoms with van der Waals surface area (Å²) in [5.41, 5.74) is 0.995. The second-order valence-corrected chi connectivity index (χ2v) is 4.84. The molecule has 0 amide bonds. The van der Waals surface area contributed by atoms with Crippen molar-refractivity contribution in [2.75, 3.05) is 5.75 Å². The average Bonchev–Trinajstić information content (AvgIpc) is 2.26. The first-order valence-electron chi connectivity index (χ1n) is 4.58. The van der Waals surface area contributed by atoms with Gasteiger partial charge in [-0.2, -0.15) is 5.26 Å². The van der Waals surface area contributed by atoms with E-state index in [1.54, 1.807) is 0 Å². The van der Waals surface area contributed by atoms with Crippen LogP contribution >= 0.6 is 0 Å². The third-order valence-electron chi connectivity index (χ3n) is 2.05. The number of hydrogen-bond acceptors (Lipinski definition) is 2. The second kappa shape index (κ2) is 5.56. The normalized spacial score (nSPS) is 14.3. The molecule has 0 bridgehead atoms. The summed E-state index contributed by atoms with van der Waals surface area (Å²) in [7, 11) is -0.938. The highest BCUT2D eigenvalue weighted by molar-refractivity contribution is 7.85. The molecule has 0 heterocycles. The monoisotopic (exact) mass is 207 g/mol. The fourth-order valence-electron chi connectivity index (χ4n) is 1.31. The molecule has 2 nitrogen and oxygen atoms in total. The summed E-state index contributed by atoms with van der Waals surface area (Å²) in [6.45, 7) is 1.88. The Kier molecular flexibility index (Phi) is 4.34. The maximum absolute atomic E-state index is 11.7. The molecule has 0 aromatic heterocycles. The Balaban J connectivity index is 2.90. The van der Waals surface area contributed by atoms with Crippen LogP contribution in [0.2, 0.25) is 0 Å². The van der Waals surface area contributed by atoms with Crippen LogP contribution < -0.4 is 0 Å². The SMILES string of the molecule is CCS(=O)C(CC#N)c1ccccc1. The fourth-order valence-corrected chi connectivity index (χ4v) is 2.44. The minimum absolute atomic E-state index is 0.133. The van der Waals surface area contributed by atoms with Crippen molar-refractivity contribution in [3.63, 3.8) is 0 Å². The number of hydrogen-bond donors (Lipinski definition) is 0. The van der Waals surface area contributed by atoms with Gasteiger partial charge in [-0.3, -0.25) is 4.21 Å². The minimum atomic E-state index is -0.938. The first kappa shape index (κ1) is 10.9. The third kappa shape index (κ3) is 2.68. The molecule has 1 aromatic rings. The molecule has 3 heteroatoms. The molecule has 74 valence electrons. The predicted molar refractivity (Wildman–Crippen MR) is 58.1 cm³/mol. The fraction of sp³-hybridized carbons (Fsp3) is 0.364. The second-order valence-electron chi connectivity index (χ2n) is 2.93. The van der Waals surface area contributed by atoms with E-state index < -0.39 is 10.8 Å². The molecule has 2 unspecified atom stereocenters. The maximum Gasteiger partial charge on any atom is 0.0726 e. The molecule has 0 saturated heterocycles. The van der Waals surface area contributed by atoms with E-state index in [1.807, 2.05) is 37.3 Å². The van der Waals surface area contributed by atoms with Crippen LogP contribution in [-0.4, -0.2) is 9.96 Å². The van der Waals surface area contributed by atoms with Gasteiger partial charge in [0.05, 0.1) is 17.7 Å². The van der Waals surface area contributed by atoms with Crippen molar-refractivity contribution >= 4 is 10.8 Å². The highest BCUT2D eigenvalue weighted by Gasteiger charge is 2.16. The van der Waals surface area contributed by atoms with E-state index in [0.717, 1.165) is 5.56 Å². The van der Waals surface area contributed by atoms with Gasteiger partial charge in [0.1, 0.15) is 0 Å². The molecular weight excluding hydrogens is 194 g/mol.